The van der Waals surface area contributed by atoms with Gasteiger partial charge in [0, 0.05) is 37.5 Å². The van der Waals surface area contributed by atoms with Crippen LogP contribution in [0, 0.1) is 6.92 Å². The van der Waals surface area contributed by atoms with Gasteiger partial charge in [0.15, 0.2) is 0 Å². The van der Waals surface area contributed by atoms with Crippen LogP contribution in [0.1, 0.15) is 153 Å². The lowest BCUT2D eigenvalue weighted by Crippen LogP contribution is -2.51. The summed E-state index contributed by atoms with van der Waals surface area (Å²) < 4.78 is 11.9. The van der Waals surface area contributed by atoms with Crippen molar-refractivity contribution in [3.05, 3.63) is 45.1 Å². The number of rotatable bonds is 25. The monoisotopic (exact) mass is 736 g/mol. The minimum atomic E-state index is -0.574. The first-order valence-electron chi connectivity index (χ1n) is 20.8. The molecule has 9 heteroatoms. The van der Waals surface area contributed by atoms with Gasteiger partial charge in [-0.05, 0) is 38.6 Å². The van der Waals surface area contributed by atoms with Crippen LogP contribution in [0.4, 0.5) is 16.2 Å². The number of piperazine rings is 1. The zero-order valence-electron chi connectivity index (χ0n) is 32.8. The number of likely N-dealkylation sites (N-methyl/N-ethyl adjacent to an activating group) is 1. The maximum Gasteiger partial charge on any atom is 0.423 e. The van der Waals surface area contributed by atoms with E-state index in [-0.39, 0.29) is 5.97 Å². The third kappa shape index (κ3) is 14.5. The van der Waals surface area contributed by atoms with Gasteiger partial charge in [-0.25, -0.2) is 14.7 Å². The lowest BCUT2D eigenvalue weighted by Gasteiger charge is -2.38. The van der Waals surface area contributed by atoms with E-state index in [4.69, 9.17) is 14.5 Å². The second-order valence-corrected chi connectivity index (χ2v) is 16.2. The number of aryl methyl sites for hydroxylation is 1. The van der Waals surface area contributed by atoms with Crippen LogP contribution in [0.3, 0.4) is 0 Å². The van der Waals surface area contributed by atoms with Crippen LogP contribution in [-0.2, 0) is 14.3 Å². The summed E-state index contributed by atoms with van der Waals surface area (Å²) in [5, 5.41) is 0.923. The van der Waals surface area contributed by atoms with E-state index >= 15 is 0 Å². The molecule has 8 nitrogen and oxygen atoms in total. The molecule has 290 valence electrons. The highest BCUT2D eigenvalue weighted by Crippen LogP contribution is 2.34. The molecule has 1 aromatic carbocycles. The Balaban J connectivity index is 1.06. The lowest BCUT2D eigenvalue weighted by atomic mass is 10.0. The predicted molar refractivity (Wildman–Crippen MR) is 216 cm³/mol. The molecule has 1 saturated heterocycles. The molecule has 0 bridgehead atoms. The molecule has 0 spiro atoms. The standard InChI is InChI=1S/C43H68N4O4S/c1-4-5-6-7-8-9-10-11-12-13-14-15-16-17-18-19-20-21-22-23-24-29-40(48)50-35-51-43(49)47-39-28-26-25-27-38(39)44-41-37(34-36(2)52-41)42(47)46-32-30-45(3)31-33-46/h25-28,34H,4-24,29-33,35H2,1-3H3. The molecule has 3 heterocycles. The maximum atomic E-state index is 13.8. The van der Waals surface area contributed by atoms with Gasteiger partial charge < -0.3 is 19.3 Å². The molecule has 52 heavy (non-hydrogen) atoms. The number of hydrogen-bond acceptors (Lipinski definition) is 8. The third-order valence-electron chi connectivity index (χ3n) is 10.5. The number of fused-ring (bicyclic) bond motifs is 2. The first-order chi connectivity index (χ1) is 25.5. The predicted octanol–water partition coefficient (Wildman–Crippen LogP) is 10.4. The summed E-state index contributed by atoms with van der Waals surface area (Å²) in [4.78, 5) is 38.5. The number of nitrogens with zero attached hydrogens (tertiary/aromatic N) is 4. The number of esters is 1. The van der Waals surface area contributed by atoms with E-state index in [1.807, 2.05) is 24.3 Å². The molecule has 2 aliphatic rings. The quantitative estimate of drug-likeness (QED) is 0.0574. The van der Waals surface area contributed by atoms with E-state index in [0.717, 1.165) is 66.0 Å². The summed E-state index contributed by atoms with van der Waals surface area (Å²) in [6, 6.07) is 9.75. The molecule has 4 rings (SSSR count). The van der Waals surface area contributed by atoms with Crippen molar-refractivity contribution in [2.45, 2.75) is 155 Å². The van der Waals surface area contributed by atoms with Crippen molar-refractivity contribution in [2.75, 3.05) is 44.9 Å². The van der Waals surface area contributed by atoms with E-state index in [2.05, 4.69) is 36.8 Å². The van der Waals surface area contributed by atoms with Crippen molar-refractivity contribution in [2.24, 2.45) is 4.99 Å². The fourth-order valence-corrected chi connectivity index (χ4v) is 8.22. The van der Waals surface area contributed by atoms with Crippen LogP contribution in [0.2, 0.25) is 0 Å². The summed E-state index contributed by atoms with van der Waals surface area (Å²) >= 11 is 1.62. The molecule has 1 aromatic heterocycles. The van der Waals surface area contributed by atoms with Crippen molar-refractivity contribution < 1.29 is 19.1 Å². The number of para-hydroxylation sites is 2. The zero-order chi connectivity index (χ0) is 36.8. The summed E-state index contributed by atoms with van der Waals surface area (Å²) in [7, 11) is 2.11. The van der Waals surface area contributed by atoms with Gasteiger partial charge in [0.25, 0.3) is 0 Å². The molecule has 2 aromatic rings. The SMILES string of the molecule is CCCCCCCCCCCCCCCCCCCCCCCC(=O)OCOC(=O)N1C(N2CCN(C)CC2)=c2cc(C)sc2=Nc2ccccc21. The van der Waals surface area contributed by atoms with Gasteiger partial charge in [-0.1, -0.05) is 147 Å². The van der Waals surface area contributed by atoms with Crippen LogP contribution in [0.5, 0.6) is 0 Å². The van der Waals surface area contributed by atoms with Gasteiger partial charge in [-0.15, -0.1) is 11.3 Å². The van der Waals surface area contributed by atoms with Crippen LogP contribution in [-0.4, -0.2) is 61.9 Å². The van der Waals surface area contributed by atoms with Crippen molar-refractivity contribution in [3.63, 3.8) is 0 Å². The number of ether oxygens (including phenoxy) is 2. The fraction of sp³-hybridized carbons (Fsp3) is 0.698. The Morgan fingerprint density at radius 1 is 0.712 bits per heavy atom. The van der Waals surface area contributed by atoms with Gasteiger partial charge in [0.1, 0.15) is 10.5 Å². The molecular weight excluding hydrogens is 669 g/mol. The third-order valence-corrected chi connectivity index (χ3v) is 11.4. The Morgan fingerprint density at radius 2 is 1.23 bits per heavy atom. The van der Waals surface area contributed by atoms with Gasteiger partial charge in [-0.3, -0.25) is 4.79 Å². The number of carbonyl (C=O) groups is 2. The largest absolute Gasteiger partial charge is 0.428 e. The minimum absolute atomic E-state index is 0.323. The first kappa shape index (κ1) is 41.8. The van der Waals surface area contributed by atoms with Gasteiger partial charge >= 0.3 is 12.1 Å². The number of unbranched alkanes of at least 4 members (excludes halogenated alkanes) is 20. The topological polar surface area (TPSA) is 74.7 Å². The molecule has 0 N–H and O–H groups in total. The number of thiophene rings is 1. The number of anilines is 1. The van der Waals surface area contributed by atoms with Crippen LogP contribution in [0.15, 0.2) is 35.3 Å². The van der Waals surface area contributed by atoms with E-state index in [1.165, 1.54) is 116 Å². The van der Waals surface area contributed by atoms with Crippen molar-refractivity contribution in [1.82, 2.24) is 9.80 Å². The van der Waals surface area contributed by atoms with E-state index in [1.54, 1.807) is 16.2 Å². The second kappa shape index (κ2) is 24.4. The van der Waals surface area contributed by atoms with Crippen LogP contribution in [0.25, 0.3) is 5.82 Å². The van der Waals surface area contributed by atoms with Crippen molar-refractivity contribution >= 4 is 40.6 Å². The zero-order valence-corrected chi connectivity index (χ0v) is 33.6. The minimum Gasteiger partial charge on any atom is -0.428 e. The highest BCUT2D eigenvalue weighted by molar-refractivity contribution is 7.09. The Morgan fingerprint density at radius 3 is 1.79 bits per heavy atom. The van der Waals surface area contributed by atoms with E-state index < -0.39 is 12.9 Å². The second-order valence-electron chi connectivity index (χ2n) is 15.0. The molecule has 0 aliphatic carbocycles. The smallest absolute Gasteiger partial charge is 0.423 e. The number of hydrogen-bond donors (Lipinski definition) is 0. The number of carbonyl (C=O) groups excluding carboxylic acids is 2. The first-order valence-corrected chi connectivity index (χ1v) is 21.6. The maximum absolute atomic E-state index is 13.8. The lowest BCUT2D eigenvalue weighted by molar-refractivity contribution is -0.151. The Bertz CT molecular complexity index is 1450. The van der Waals surface area contributed by atoms with Gasteiger partial charge in [-0.2, -0.15) is 0 Å². The average Bonchev–Trinajstić information content (AvgIpc) is 3.44. The molecule has 0 atom stereocenters. The summed E-state index contributed by atoms with van der Waals surface area (Å²) in [5.74, 6) is 0.452. The van der Waals surface area contributed by atoms with Crippen molar-refractivity contribution in [1.29, 1.82) is 0 Å². The molecule has 0 radical (unpaired) electrons. The fourth-order valence-electron chi connectivity index (χ4n) is 7.34. The number of amides is 1. The van der Waals surface area contributed by atoms with Crippen LogP contribution >= 0.6 is 11.3 Å². The van der Waals surface area contributed by atoms with Gasteiger partial charge in [0.05, 0.1) is 16.6 Å². The molecule has 1 fully saturated rings. The summed E-state index contributed by atoms with van der Waals surface area (Å²) in [6.45, 7) is 7.28. The average molecular weight is 737 g/mol. The molecule has 2 aliphatic heterocycles. The van der Waals surface area contributed by atoms with E-state index in [0.29, 0.717) is 17.8 Å². The Labute approximate surface area is 318 Å². The molecule has 0 unspecified atom stereocenters. The molecule has 0 saturated carbocycles. The highest BCUT2D eigenvalue weighted by Gasteiger charge is 2.32. The van der Waals surface area contributed by atoms with Crippen LogP contribution < -0.4 is 14.8 Å². The van der Waals surface area contributed by atoms with Gasteiger partial charge in [0.2, 0.25) is 6.79 Å². The molecule has 1 amide bonds. The summed E-state index contributed by atoms with van der Waals surface area (Å²) in [6.07, 6.45) is 27.7. The Kier molecular flexibility index (Phi) is 19.6. The summed E-state index contributed by atoms with van der Waals surface area (Å²) in [5.41, 5.74) is 1.37. The van der Waals surface area contributed by atoms with E-state index in [9.17, 15) is 9.59 Å². The number of benzene rings is 1. The molecular formula is C43H68N4O4S. The Hall–Kier alpha value is -2.91. The highest BCUT2D eigenvalue weighted by atomic mass is 32.1. The van der Waals surface area contributed by atoms with Crippen molar-refractivity contribution in [3.8, 4) is 0 Å². The normalized spacial score (nSPS) is 14.5.